The van der Waals surface area contributed by atoms with Crippen LogP contribution in [0.15, 0.2) is 36.3 Å². The third kappa shape index (κ3) is 3.24. The molecular formula is C16H27N5. The third-order valence-electron chi connectivity index (χ3n) is 4.47. The SMILES string of the molecule is CC(C)CC1CN(C2=CNC3C=CC=CC3N2)CCN1N. The van der Waals surface area contributed by atoms with Gasteiger partial charge in [0, 0.05) is 31.9 Å². The predicted octanol–water partition coefficient (Wildman–Crippen LogP) is 0.747. The Bertz CT molecular complexity index is 454. The zero-order chi connectivity index (χ0) is 14.8. The Morgan fingerprint density at radius 1 is 1.24 bits per heavy atom. The molecule has 1 aliphatic carbocycles. The van der Waals surface area contributed by atoms with Crippen LogP contribution in [-0.4, -0.2) is 47.7 Å². The standard InChI is InChI=1S/C16H27N5/c1-12(2)9-13-11-20(7-8-21(13)17)16-10-18-14-5-3-4-6-15(14)19-16/h3-6,10,12-15,18-19H,7-9,11,17H2,1-2H3. The molecule has 116 valence electrons. The lowest BCUT2D eigenvalue weighted by atomic mass is 10.00. The molecule has 0 bridgehead atoms. The van der Waals surface area contributed by atoms with Crippen molar-refractivity contribution >= 4 is 0 Å². The molecule has 3 aliphatic rings. The fourth-order valence-corrected chi connectivity index (χ4v) is 3.32. The van der Waals surface area contributed by atoms with Crippen molar-refractivity contribution in [1.82, 2.24) is 20.5 Å². The smallest absolute Gasteiger partial charge is 0.118 e. The average molecular weight is 289 g/mol. The van der Waals surface area contributed by atoms with Gasteiger partial charge in [0.2, 0.25) is 0 Å². The molecule has 1 saturated heterocycles. The van der Waals surface area contributed by atoms with Crippen LogP contribution in [0.4, 0.5) is 0 Å². The van der Waals surface area contributed by atoms with Crippen molar-refractivity contribution in [3.05, 3.63) is 36.3 Å². The minimum Gasteiger partial charge on any atom is -0.379 e. The summed E-state index contributed by atoms with van der Waals surface area (Å²) in [7, 11) is 0. The van der Waals surface area contributed by atoms with Gasteiger partial charge in [0.05, 0.1) is 12.1 Å². The van der Waals surface area contributed by atoms with Gasteiger partial charge in [0.25, 0.3) is 0 Å². The average Bonchev–Trinajstić information content (AvgIpc) is 2.48. The van der Waals surface area contributed by atoms with Crippen molar-refractivity contribution < 1.29 is 0 Å². The van der Waals surface area contributed by atoms with E-state index < -0.39 is 0 Å². The lowest BCUT2D eigenvalue weighted by Crippen LogP contribution is -2.59. The number of hydrogen-bond acceptors (Lipinski definition) is 5. The van der Waals surface area contributed by atoms with E-state index in [9.17, 15) is 0 Å². The summed E-state index contributed by atoms with van der Waals surface area (Å²) in [5, 5.41) is 9.14. The van der Waals surface area contributed by atoms with Gasteiger partial charge < -0.3 is 15.5 Å². The van der Waals surface area contributed by atoms with Crippen LogP contribution in [0.1, 0.15) is 20.3 Å². The Morgan fingerprint density at radius 2 is 2.00 bits per heavy atom. The first kappa shape index (κ1) is 14.5. The van der Waals surface area contributed by atoms with Crippen LogP contribution in [0.3, 0.4) is 0 Å². The molecule has 0 aromatic carbocycles. The molecule has 3 rings (SSSR count). The molecule has 5 nitrogen and oxygen atoms in total. The minimum atomic E-state index is 0.342. The number of nitrogens with one attached hydrogen (secondary N) is 2. The fraction of sp³-hybridized carbons (Fsp3) is 0.625. The van der Waals surface area contributed by atoms with Crippen molar-refractivity contribution in [2.24, 2.45) is 11.8 Å². The van der Waals surface area contributed by atoms with E-state index in [2.05, 4.69) is 59.9 Å². The molecule has 0 saturated carbocycles. The van der Waals surface area contributed by atoms with Crippen LogP contribution in [0.25, 0.3) is 0 Å². The molecule has 5 heteroatoms. The highest BCUT2D eigenvalue weighted by Crippen LogP contribution is 2.19. The van der Waals surface area contributed by atoms with Crippen LogP contribution in [0.2, 0.25) is 0 Å². The van der Waals surface area contributed by atoms with Gasteiger partial charge in [0.15, 0.2) is 0 Å². The Morgan fingerprint density at radius 3 is 2.76 bits per heavy atom. The Kier molecular flexibility index (Phi) is 4.22. The third-order valence-corrected chi connectivity index (χ3v) is 4.47. The maximum Gasteiger partial charge on any atom is 0.118 e. The summed E-state index contributed by atoms with van der Waals surface area (Å²) < 4.78 is 0. The van der Waals surface area contributed by atoms with Crippen molar-refractivity contribution in [2.75, 3.05) is 19.6 Å². The molecule has 4 N–H and O–H groups in total. The highest BCUT2D eigenvalue weighted by molar-refractivity contribution is 5.25. The van der Waals surface area contributed by atoms with Crippen LogP contribution in [0.5, 0.6) is 0 Å². The number of hydrazine groups is 1. The second-order valence-corrected chi connectivity index (χ2v) is 6.63. The number of fused-ring (bicyclic) bond motifs is 1. The zero-order valence-corrected chi connectivity index (χ0v) is 13.0. The van der Waals surface area contributed by atoms with Crippen molar-refractivity contribution in [3.63, 3.8) is 0 Å². The quantitative estimate of drug-likeness (QED) is 0.669. The molecular weight excluding hydrogens is 262 g/mol. The first-order chi connectivity index (χ1) is 10.1. The van der Waals surface area contributed by atoms with E-state index in [1.807, 2.05) is 5.01 Å². The van der Waals surface area contributed by atoms with Gasteiger partial charge in [-0.2, -0.15) is 0 Å². The van der Waals surface area contributed by atoms with Gasteiger partial charge in [0.1, 0.15) is 5.82 Å². The molecule has 0 aromatic heterocycles. The maximum atomic E-state index is 6.16. The summed E-state index contributed by atoms with van der Waals surface area (Å²) in [6, 6.07) is 1.14. The van der Waals surface area contributed by atoms with Crippen LogP contribution < -0.4 is 16.5 Å². The number of nitrogens with two attached hydrogens (primary N) is 1. The van der Waals surface area contributed by atoms with E-state index in [0.717, 1.165) is 26.1 Å². The van der Waals surface area contributed by atoms with Gasteiger partial charge in [-0.15, -0.1) is 0 Å². The van der Waals surface area contributed by atoms with Crippen molar-refractivity contribution in [3.8, 4) is 0 Å². The van der Waals surface area contributed by atoms with E-state index in [1.54, 1.807) is 0 Å². The summed E-state index contributed by atoms with van der Waals surface area (Å²) in [6.45, 7) is 7.40. The van der Waals surface area contributed by atoms with Gasteiger partial charge in [-0.05, 0) is 12.3 Å². The topological polar surface area (TPSA) is 56.6 Å². The second-order valence-electron chi connectivity index (χ2n) is 6.63. The molecule has 0 aromatic rings. The number of nitrogens with zero attached hydrogens (tertiary/aromatic N) is 2. The monoisotopic (exact) mass is 289 g/mol. The van der Waals surface area contributed by atoms with Crippen LogP contribution in [0, 0.1) is 5.92 Å². The molecule has 2 heterocycles. The van der Waals surface area contributed by atoms with Crippen LogP contribution in [-0.2, 0) is 0 Å². The Balaban J connectivity index is 1.65. The summed E-state index contributed by atoms with van der Waals surface area (Å²) in [5.74, 6) is 8.02. The lowest BCUT2D eigenvalue weighted by molar-refractivity contribution is 0.0749. The summed E-state index contributed by atoms with van der Waals surface area (Å²) in [5.41, 5.74) is 0. The van der Waals surface area contributed by atoms with Gasteiger partial charge in [-0.1, -0.05) is 38.2 Å². The zero-order valence-electron chi connectivity index (χ0n) is 13.0. The Labute approximate surface area is 127 Å². The fourth-order valence-electron chi connectivity index (χ4n) is 3.32. The van der Waals surface area contributed by atoms with Gasteiger partial charge in [-0.25, -0.2) is 5.01 Å². The van der Waals surface area contributed by atoms with E-state index in [0.29, 0.717) is 24.0 Å². The summed E-state index contributed by atoms with van der Waals surface area (Å²) in [6.07, 6.45) is 11.9. The van der Waals surface area contributed by atoms with Crippen molar-refractivity contribution in [1.29, 1.82) is 0 Å². The molecule has 0 radical (unpaired) electrons. The van der Waals surface area contributed by atoms with Crippen LogP contribution >= 0.6 is 0 Å². The number of piperazine rings is 1. The largest absolute Gasteiger partial charge is 0.379 e. The van der Waals surface area contributed by atoms with Crippen molar-refractivity contribution in [2.45, 2.75) is 38.4 Å². The molecule has 2 aliphatic heterocycles. The number of allylic oxidation sites excluding steroid dienone is 2. The van der Waals surface area contributed by atoms with Gasteiger partial charge in [-0.3, -0.25) is 5.84 Å². The first-order valence-corrected chi connectivity index (χ1v) is 7.97. The lowest BCUT2D eigenvalue weighted by Gasteiger charge is -2.44. The minimum absolute atomic E-state index is 0.342. The van der Waals surface area contributed by atoms with E-state index in [4.69, 9.17) is 5.84 Å². The molecule has 3 atom stereocenters. The summed E-state index contributed by atoms with van der Waals surface area (Å²) >= 11 is 0. The van der Waals surface area contributed by atoms with Gasteiger partial charge >= 0.3 is 0 Å². The number of hydrogen-bond donors (Lipinski definition) is 3. The number of rotatable bonds is 3. The van der Waals surface area contributed by atoms with E-state index in [-0.39, 0.29) is 0 Å². The highest BCUT2D eigenvalue weighted by Gasteiger charge is 2.30. The molecule has 1 fully saturated rings. The molecule has 0 amide bonds. The molecule has 21 heavy (non-hydrogen) atoms. The van der Waals surface area contributed by atoms with E-state index >= 15 is 0 Å². The normalized spacial score (nSPS) is 32.5. The molecule has 0 spiro atoms. The molecule has 3 unspecified atom stereocenters. The van der Waals surface area contributed by atoms with E-state index in [1.165, 1.54) is 5.82 Å². The predicted molar refractivity (Wildman–Crippen MR) is 85.9 cm³/mol. The maximum absolute atomic E-state index is 6.16. The first-order valence-electron chi connectivity index (χ1n) is 7.97. The Hall–Kier alpha value is -1.46. The highest BCUT2D eigenvalue weighted by atomic mass is 15.5. The second kappa shape index (κ2) is 6.12. The summed E-state index contributed by atoms with van der Waals surface area (Å²) in [4.78, 5) is 2.42.